The van der Waals surface area contributed by atoms with Crippen molar-refractivity contribution < 1.29 is 22.1 Å². The number of rotatable bonds is 2. The number of carbonyl (C=O) groups is 1. The summed E-state index contributed by atoms with van der Waals surface area (Å²) in [5, 5.41) is 0. The average Bonchev–Trinajstić information content (AvgIpc) is 2.26. The fourth-order valence-corrected chi connectivity index (χ4v) is 3.27. The molecular formula is C10H16O5S. The summed E-state index contributed by atoms with van der Waals surface area (Å²) in [6.07, 6.45) is 1.82. The lowest BCUT2D eigenvalue weighted by atomic mass is 9.92. The number of Topliss-reactive ketones (excluding diaryl/α,β-unsaturated/α-hetero) is 1. The standard InChI is InChI=1S/C10H16O5S/c1-9-5-4-8(14-16(3,12)13)10(2,15-9)7(11)6-9/h8H,4-6H2,1-3H3/t8-,9+,10+/m0/s1. The Hall–Kier alpha value is -0.460. The lowest BCUT2D eigenvalue weighted by molar-refractivity contribution is -0.175. The Bertz CT molecular complexity index is 428. The van der Waals surface area contributed by atoms with Crippen LogP contribution in [-0.4, -0.2) is 37.8 Å². The summed E-state index contributed by atoms with van der Waals surface area (Å²) in [7, 11) is -3.56. The Labute approximate surface area is 95.2 Å². The van der Waals surface area contributed by atoms with Gasteiger partial charge in [0.05, 0.1) is 11.9 Å². The van der Waals surface area contributed by atoms with Gasteiger partial charge < -0.3 is 4.74 Å². The van der Waals surface area contributed by atoms with E-state index in [9.17, 15) is 13.2 Å². The molecule has 0 aromatic carbocycles. The summed E-state index contributed by atoms with van der Waals surface area (Å²) < 4.78 is 32.9. The maximum absolute atomic E-state index is 11.9. The third-order valence-electron chi connectivity index (χ3n) is 3.39. The van der Waals surface area contributed by atoms with Gasteiger partial charge in [0.15, 0.2) is 11.4 Å². The quantitative estimate of drug-likeness (QED) is 0.670. The van der Waals surface area contributed by atoms with Crippen molar-refractivity contribution in [1.82, 2.24) is 0 Å². The normalized spacial score (nSPS) is 43.7. The molecular weight excluding hydrogens is 232 g/mol. The van der Waals surface area contributed by atoms with Crippen LogP contribution < -0.4 is 0 Å². The molecule has 2 saturated heterocycles. The van der Waals surface area contributed by atoms with Crippen LogP contribution in [0.4, 0.5) is 0 Å². The summed E-state index contributed by atoms with van der Waals surface area (Å²) in [4.78, 5) is 11.9. The van der Waals surface area contributed by atoms with Gasteiger partial charge in [-0.2, -0.15) is 8.42 Å². The smallest absolute Gasteiger partial charge is 0.264 e. The van der Waals surface area contributed by atoms with Crippen LogP contribution in [-0.2, 0) is 23.8 Å². The van der Waals surface area contributed by atoms with Gasteiger partial charge in [0.1, 0.15) is 6.10 Å². The minimum atomic E-state index is -3.56. The zero-order valence-corrected chi connectivity index (χ0v) is 10.5. The first-order valence-electron chi connectivity index (χ1n) is 5.26. The Kier molecular flexibility index (Phi) is 2.46. The molecule has 0 N–H and O–H groups in total. The largest absolute Gasteiger partial charge is 0.358 e. The number of fused-ring (bicyclic) bond motifs is 2. The molecule has 2 aliphatic heterocycles. The molecule has 16 heavy (non-hydrogen) atoms. The first-order chi connectivity index (χ1) is 7.15. The molecule has 3 atom stereocenters. The van der Waals surface area contributed by atoms with E-state index in [1.807, 2.05) is 6.92 Å². The van der Waals surface area contributed by atoms with Gasteiger partial charge >= 0.3 is 0 Å². The molecule has 0 spiro atoms. The van der Waals surface area contributed by atoms with Crippen molar-refractivity contribution in [3.63, 3.8) is 0 Å². The maximum atomic E-state index is 11.9. The molecule has 5 nitrogen and oxygen atoms in total. The van der Waals surface area contributed by atoms with Gasteiger partial charge in [-0.15, -0.1) is 0 Å². The highest BCUT2D eigenvalue weighted by Gasteiger charge is 2.59. The average molecular weight is 248 g/mol. The topological polar surface area (TPSA) is 69.7 Å². The number of ether oxygens (including phenoxy) is 1. The predicted octanol–water partition coefficient (Wildman–Crippen LogP) is 0.632. The fourth-order valence-electron chi connectivity index (χ4n) is 2.57. The van der Waals surface area contributed by atoms with Crippen LogP contribution in [0.25, 0.3) is 0 Å². The number of carbonyl (C=O) groups excluding carboxylic acids is 1. The lowest BCUT2D eigenvalue weighted by Crippen LogP contribution is -2.51. The van der Waals surface area contributed by atoms with Gasteiger partial charge in [0, 0.05) is 6.42 Å². The van der Waals surface area contributed by atoms with E-state index in [1.54, 1.807) is 6.92 Å². The second-order valence-electron chi connectivity index (χ2n) is 5.09. The first-order valence-corrected chi connectivity index (χ1v) is 7.08. The molecule has 0 aliphatic carbocycles. The summed E-state index contributed by atoms with van der Waals surface area (Å²) in [6.45, 7) is 3.50. The van der Waals surface area contributed by atoms with E-state index < -0.39 is 27.4 Å². The Morgan fingerprint density at radius 1 is 1.44 bits per heavy atom. The van der Waals surface area contributed by atoms with Crippen molar-refractivity contribution >= 4 is 15.9 Å². The highest BCUT2D eigenvalue weighted by molar-refractivity contribution is 7.86. The van der Waals surface area contributed by atoms with E-state index in [2.05, 4.69) is 0 Å². The van der Waals surface area contributed by atoms with Crippen LogP contribution in [0.15, 0.2) is 0 Å². The van der Waals surface area contributed by atoms with Gasteiger partial charge in [-0.05, 0) is 26.7 Å². The summed E-state index contributed by atoms with van der Waals surface area (Å²) >= 11 is 0. The van der Waals surface area contributed by atoms with Crippen molar-refractivity contribution in [2.75, 3.05) is 6.26 Å². The Morgan fingerprint density at radius 2 is 2.06 bits per heavy atom. The molecule has 2 heterocycles. The van der Waals surface area contributed by atoms with E-state index in [0.717, 1.165) is 6.26 Å². The molecule has 6 heteroatoms. The minimum Gasteiger partial charge on any atom is -0.358 e. The Morgan fingerprint density at radius 3 is 2.62 bits per heavy atom. The van der Waals surface area contributed by atoms with Gasteiger partial charge in [-0.25, -0.2) is 0 Å². The van der Waals surface area contributed by atoms with Gasteiger partial charge in [0.2, 0.25) is 0 Å². The van der Waals surface area contributed by atoms with E-state index >= 15 is 0 Å². The molecule has 0 unspecified atom stereocenters. The fraction of sp³-hybridized carbons (Fsp3) is 0.900. The SMILES string of the molecule is C[C@]12CC[C@H](OS(C)(=O)=O)[C@](C)(O1)C(=O)C2. The summed E-state index contributed by atoms with van der Waals surface area (Å²) in [5.41, 5.74) is -1.54. The van der Waals surface area contributed by atoms with Crippen molar-refractivity contribution in [3.05, 3.63) is 0 Å². The highest BCUT2D eigenvalue weighted by Crippen LogP contribution is 2.46. The molecule has 92 valence electrons. The highest BCUT2D eigenvalue weighted by atomic mass is 32.2. The molecule has 0 saturated carbocycles. The monoisotopic (exact) mass is 248 g/mol. The predicted molar refractivity (Wildman–Crippen MR) is 56.5 cm³/mol. The molecule has 2 fully saturated rings. The van der Waals surface area contributed by atoms with Crippen molar-refractivity contribution in [2.24, 2.45) is 0 Å². The van der Waals surface area contributed by atoms with Gasteiger partial charge in [-0.3, -0.25) is 8.98 Å². The van der Waals surface area contributed by atoms with E-state index in [0.29, 0.717) is 19.3 Å². The van der Waals surface area contributed by atoms with E-state index in [-0.39, 0.29) is 5.78 Å². The molecule has 0 aromatic rings. The van der Waals surface area contributed by atoms with Crippen LogP contribution in [0, 0.1) is 0 Å². The van der Waals surface area contributed by atoms with Crippen LogP contribution in [0.5, 0.6) is 0 Å². The van der Waals surface area contributed by atoms with Crippen LogP contribution in [0.2, 0.25) is 0 Å². The number of ketones is 1. The number of hydrogen-bond donors (Lipinski definition) is 0. The van der Waals surface area contributed by atoms with E-state index in [4.69, 9.17) is 8.92 Å². The van der Waals surface area contributed by atoms with Gasteiger partial charge in [-0.1, -0.05) is 0 Å². The zero-order valence-electron chi connectivity index (χ0n) is 9.65. The minimum absolute atomic E-state index is 0.0684. The lowest BCUT2D eigenvalue weighted by Gasteiger charge is -2.39. The summed E-state index contributed by atoms with van der Waals surface area (Å²) in [6, 6.07) is 0. The third-order valence-corrected chi connectivity index (χ3v) is 3.97. The van der Waals surface area contributed by atoms with Gasteiger partial charge in [0.25, 0.3) is 10.1 Å². The number of hydrogen-bond acceptors (Lipinski definition) is 5. The van der Waals surface area contributed by atoms with Crippen LogP contribution in [0.1, 0.15) is 33.1 Å². The van der Waals surface area contributed by atoms with Crippen molar-refractivity contribution in [1.29, 1.82) is 0 Å². The van der Waals surface area contributed by atoms with Crippen molar-refractivity contribution in [3.8, 4) is 0 Å². The van der Waals surface area contributed by atoms with E-state index in [1.165, 1.54) is 0 Å². The zero-order chi connectivity index (χ0) is 12.2. The van der Waals surface area contributed by atoms with Crippen LogP contribution >= 0.6 is 0 Å². The van der Waals surface area contributed by atoms with Crippen molar-refractivity contribution in [2.45, 2.75) is 50.4 Å². The molecule has 0 radical (unpaired) electrons. The molecule has 0 amide bonds. The first kappa shape index (κ1) is 12.0. The van der Waals surface area contributed by atoms with Crippen LogP contribution in [0.3, 0.4) is 0 Å². The second-order valence-corrected chi connectivity index (χ2v) is 6.69. The molecule has 0 aromatic heterocycles. The second kappa shape index (κ2) is 3.27. The maximum Gasteiger partial charge on any atom is 0.264 e. The summed E-state index contributed by atoms with van der Waals surface area (Å²) in [5.74, 6) is -0.0684. The molecule has 2 bridgehead atoms. The Balaban J connectivity index is 2.28. The molecule has 2 aliphatic rings. The molecule has 2 rings (SSSR count). The third kappa shape index (κ3) is 1.89.